The molecule has 2 unspecified atom stereocenters. The molecule has 14 heavy (non-hydrogen) atoms. The summed E-state index contributed by atoms with van der Waals surface area (Å²) >= 11 is 0. The molecule has 2 N–H and O–H groups in total. The zero-order chi connectivity index (χ0) is 9.97. The predicted octanol–water partition coefficient (Wildman–Crippen LogP) is 0.847. The van der Waals surface area contributed by atoms with E-state index in [1.165, 1.54) is 0 Å². The number of aliphatic hydroxyl groups is 1. The highest BCUT2D eigenvalue weighted by atomic mass is 16.3. The summed E-state index contributed by atoms with van der Waals surface area (Å²) < 4.78 is 5.41. The van der Waals surface area contributed by atoms with Crippen molar-refractivity contribution < 1.29 is 9.52 Å². The van der Waals surface area contributed by atoms with Crippen molar-refractivity contribution in [2.45, 2.75) is 25.2 Å². The summed E-state index contributed by atoms with van der Waals surface area (Å²) in [6.45, 7) is 4.05. The molecule has 1 aromatic rings. The second-order valence-corrected chi connectivity index (χ2v) is 3.88. The average Bonchev–Trinajstić information content (AvgIpc) is 2.86. The van der Waals surface area contributed by atoms with E-state index in [0.29, 0.717) is 5.92 Å². The molecule has 2 heterocycles. The van der Waals surface area contributed by atoms with E-state index in [1.54, 1.807) is 6.26 Å². The van der Waals surface area contributed by atoms with Crippen LogP contribution < -0.4 is 5.32 Å². The fourth-order valence-electron chi connectivity index (χ4n) is 1.67. The third kappa shape index (κ3) is 1.81. The van der Waals surface area contributed by atoms with Gasteiger partial charge in [0.05, 0.1) is 12.3 Å². The summed E-state index contributed by atoms with van der Waals surface area (Å²) in [6.07, 6.45) is 2.75. The van der Waals surface area contributed by atoms with Crippen molar-refractivity contribution in [1.82, 2.24) is 10.3 Å². The van der Waals surface area contributed by atoms with Gasteiger partial charge in [-0.05, 0) is 13.0 Å². The van der Waals surface area contributed by atoms with E-state index in [1.807, 2.05) is 6.92 Å². The van der Waals surface area contributed by atoms with E-state index in [2.05, 4.69) is 10.3 Å². The van der Waals surface area contributed by atoms with Crippen LogP contribution in [-0.4, -0.2) is 29.8 Å². The van der Waals surface area contributed by atoms with Gasteiger partial charge in [0.15, 0.2) is 5.89 Å². The van der Waals surface area contributed by atoms with Crippen molar-refractivity contribution in [3.05, 3.63) is 17.8 Å². The molecule has 0 radical (unpaired) electrons. The van der Waals surface area contributed by atoms with Crippen molar-refractivity contribution >= 4 is 0 Å². The van der Waals surface area contributed by atoms with Crippen LogP contribution in [0.3, 0.4) is 0 Å². The van der Waals surface area contributed by atoms with Crippen LogP contribution in [0.1, 0.15) is 36.8 Å². The zero-order valence-corrected chi connectivity index (χ0v) is 8.36. The van der Waals surface area contributed by atoms with Crippen molar-refractivity contribution in [3.63, 3.8) is 0 Å². The van der Waals surface area contributed by atoms with Crippen LogP contribution in [0.4, 0.5) is 0 Å². The SMILES string of the molecule is CC(CO)c1coc(C2CCNC2)n1. The lowest BCUT2D eigenvalue weighted by atomic mass is 10.1. The molecule has 78 valence electrons. The Morgan fingerprint density at radius 2 is 2.64 bits per heavy atom. The average molecular weight is 196 g/mol. The van der Waals surface area contributed by atoms with Crippen LogP contribution in [0.25, 0.3) is 0 Å². The van der Waals surface area contributed by atoms with Crippen molar-refractivity contribution in [2.75, 3.05) is 19.7 Å². The van der Waals surface area contributed by atoms with Gasteiger partial charge in [-0.15, -0.1) is 0 Å². The number of aliphatic hydroxyl groups excluding tert-OH is 1. The van der Waals surface area contributed by atoms with Crippen LogP contribution in [-0.2, 0) is 0 Å². The normalized spacial score (nSPS) is 24.0. The molecular weight excluding hydrogens is 180 g/mol. The zero-order valence-electron chi connectivity index (χ0n) is 8.36. The molecule has 1 saturated heterocycles. The Balaban J connectivity index is 2.08. The number of nitrogens with one attached hydrogen (secondary N) is 1. The molecule has 2 atom stereocenters. The number of aromatic nitrogens is 1. The number of rotatable bonds is 3. The fourth-order valence-corrected chi connectivity index (χ4v) is 1.67. The molecule has 2 rings (SSSR count). The predicted molar refractivity (Wildman–Crippen MR) is 52.2 cm³/mol. The highest BCUT2D eigenvalue weighted by Crippen LogP contribution is 2.23. The molecule has 1 aromatic heterocycles. The minimum atomic E-state index is 0.0712. The van der Waals surface area contributed by atoms with E-state index in [0.717, 1.165) is 31.1 Å². The van der Waals surface area contributed by atoms with Gasteiger partial charge in [-0.1, -0.05) is 6.92 Å². The second-order valence-electron chi connectivity index (χ2n) is 3.88. The first-order chi connectivity index (χ1) is 6.81. The molecule has 1 aliphatic heterocycles. The topological polar surface area (TPSA) is 58.3 Å². The van der Waals surface area contributed by atoms with Gasteiger partial charge in [0.1, 0.15) is 6.26 Å². The Hall–Kier alpha value is -0.870. The standard InChI is InChI=1S/C10H16N2O2/c1-7(5-13)9-6-14-10(12-9)8-2-3-11-4-8/h6-8,11,13H,2-5H2,1H3. The van der Waals surface area contributed by atoms with Gasteiger partial charge in [0.2, 0.25) is 0 Å². The van der Waals surface area contributed by atoms with E-state index >= 15 is 0 Å². The Kier molecular flexibility index (Phi) is 2.84. The van der Waals surface area contributed by atoms with Gasteiger partial charge in [0.25, 0.3) is 0 Å². The highest BCUT2D eigenvalue weighted by Gasteiger charge is 2.22. The summed E-state index contributed by atoms with van der Waals surface area (Å²) in [6, 6.07) is 0. The van der Waals surface area contributed by atoms with Crippen LogP contribution >= 0.6 is 0 Å². The van der Waals surface area contributed by atoms with Crippen LogP contribution in [0.15, 0.2) is 10.7 Å². The maximum atomic E-state index is 8.97. The molecule has 1 fully saturated rings. The Morgan fingerprint density at radius 1 is 1.79 bits per heavy atom. The molecular formula is C10H16N2O2. The van der Waals surface area contributed by atoms with Gasteiger partial charge in [-0.2, -0.15) is 0 Å². The maximum Gasteiger partial charge on any atom is 0.198 e. The van der Waals surface area contributed by atoms with E-state index < -0.39 is 0 Å². The number of hydrogen-bond acceptors (Lipinski definition) is 4. The molecule has 4 nitrogen and oxygen atoms in total. The minimum absolute atomic E-state index is 0.0712. The summed E-state index contributed by atoms with van der Waals surface area (Å²) in [7, 11) is 0. The van der Waals surface area contributed by atoms with Gasteiger partial charge in [0, 0.05) is 18.4 Å². The first-order valence-electron chi connectivity index (χ1n) is 5.08. The van der Waals surface area contributed by atoms with Gasteiger partial charge in [-0.25, -0.2) is 4.98 Å². The Labute approximate surface area is 83.3 Å². The summed E-state index contributed by atoms with van der Waals surface area (Å²) in [5.74, 6) is 1.29. The summed E-state index contributed by atoms with van der Waals surface area (Å²) in [5, 5.41) is 12.2. The van der Waals surface area contributed by atoms with Gasteiger partial charge >= 0.3 is 0 Å². The quantitative estimate of drug-likeness (QED) is 0.752. The molecule has 0 saturated carbocycles. The number of hydrogen-bond donors (Lipinski definition) is 2. The largest absolute Gasteiger partial charge is 0.448 e. The molecule has 0 aromatic carbocycles. The van der Waals surface area contributed by atoms with Crippen molar-refractivity contribution in [3.8, 4) is 0 Å². The lowest BCUT2D eigenvalue weighted by Crippen LogP contribution is -2.08. The number of nitrogens with zero attached hydrogens (tertiary/aromatic N) is 1. The summed E-state index contributed by atoms with van der Waals surface area (Å²) in [4.78, 5) is 4.40. The lowest BCUT2D eigenvalue weighted by molar-refractivity contribution is 0.271. The lowest BCUT2D eigenvalue weighted by Gasteiger charge is -2.02. The minimum Gasteiger partial charge on any atom is -0.448 e. The third-order valence-electron chi connectivity index (χ3n) is 2.73. The van der Waals surface area contributed by atoms with Crippen molar-refractivity contribution in [1.29, 1.82) is 0 Å². The molecule has 4 heteroatoms. The van der Waals surface area contributed by atoms with Crippen molar-refractivity contribution in [2.24, 2.45) is 0 Å². The van der Waals surface area contributed by atoms with E-state index in [4.69, 9.17) is 9.52 Å². The van der Waals surface area contributed by atoms with Crippen LogP contribution in [0.2, 0.25) is 0 Å². The van der Waals surface area contributed by atoms with E-state index in [9.17, 15) is 0 Å². The molecule has 0 amide bonds. The Bertz CT molecular complexity index is 292. The number of oxazole rings is 1. The van der Waals surface area contributed by atoms with Crippen LogP contribution in [0.5, 0.6) is 0 Å². The fraction of sp³-hybridized carbons (Fsp3) is 0.700. The molecule has 0 aliphatic carbocycles. The van der Waals surface area contributed by atoms with E-state index in [-0.39, 0.29) is 12.5 Å². The first kappa shape index (κ1) is 9.68. The monoisotopic (exact) mass is 196 g/mol. The Morgan fingerprint density at radius 3 is 3.29 bits per heavy atom. The smallest absolute Gasteiger partial charge is 0.198 e. The molecule has 1 aliphatic rings. The second kappa shape index (κ2) is 4.11. The molecule has 0 spiro atoms. The third-order valence-corrected chi connectivity index (χ3v) is 2.73. The molecule has 0 bridgehead atoms. The summed E-state index contributed by atoms with van der Waals surface area (Å²) in [5.41, 5.74) is 0.856. The highest BCUT2D eigenvalue weighted by molar-refractivity contribution is 5.07. The van der Waals surface area contributed by atoms with Gasteiger partial charge < -0.3 is 14.8 Å². The van der Waals surface area contributed by atoms with Gasteiger partial charge in [-0.3, -0.25) is 0 Å². The van der Waals surface area contributed by atoms with Crippen LogP contribution in [0, 0.1) is 0 Å². The first-order valence-corrected chi connectivity index (χ1v) is 5.08. The maximum absolute atomic E-state index is 8.97.